The molecule has 110 valence electrons. The van der Waals surface area contributed by atoms with Crippen LogP contribution in [-0.2, 0) is 16.1 Å². The first-order valence-electron chi connectivity index (χ1n) is 6.57. The molecule has 0 bridgehead atoms. The minimum Gasteiger partial charge on any atom is -0.457 e. The molecule has 1 N–H and O–H groups in total. The smallest absolute Gasteiger partial charge is 0.348 e. The molecule has 0 saturated heterocycles. The molecule has 4 nitrogen and oxygen atoms in total. The maximum Gasteiger partial charge on any atom is 0.348 e. The van der Waals surface area contributed by atoms with Crippen molar-refractivity contribution in [3.05, 3.63) is 51.9 Å². The molecule has 0 radical (unpaired) electrons. The summed E-state index contributed by atoms with van der Waals surface area (Å²) in [6, 6.07) is 9.53. The van der Waals surface area contributed by atoms with Gasteiger partial charge in [0.05, 0.1) is 5.00 Å². The first kappa shape index (κ1) is 15.3. The normalized spacial score (nSPS) is 10.2. The average Bonchev–Trinajstić information content (AvgIpc) is 2.74. The standard InChI is InChI=1S/C16H17NO3S/c1-10-11(2)15(17-12(3)18)21-14(10)16(19)20-9-13-7-5-4-6-8-13/h4-8H,9H2,1-3H3,(H,17,18). The van der Waals surface area contributed by atoms with Gasteiger partial charge in [0.2, 0.25) is 5.91 Å². The van der Waals surface area contributed by atoms with Crippen LogP contribution in [0.4, 0.5) is 5.00 Å². The molecular weight excluding hydrogens is 286 g/mol. The topological polar surface area (TPSA) is 55.4 Å². The lowest BCUT2D eigenvalue weighted by Gasteiger charge is -2.04. The predicted molar refractivity (Wildman–Crippen MR) is 83.7 cm³/mol. The van der Waals surface area contributed by atoms with Crippen molar-refractivity contribution in [1.29, 1.82) is 0 Å². The zero-order valence-corrected chi connectivity index (χ0v) is 13.0. The van der Waals surface area contributed by atoms with Gasteiger partial charge >= 0.3 is 5.97 Å². The van der Waals surface area contributed by atoms with Crippen LogP contribution in [0.3, 0.4) is 0 Å². The molecule has 0 spiro atoms. The number of hydrogen-bond acceptors (Lipinski definition) is 4. The number of rotatable bonds is 4. The molecule has 0 aliphatic rings. The number of esters is 1. The highest BCUT2D eigenvalue weighted by molar-refractivity contribution is 7.18. The first-order valence-corrected chi connectivity index (χ1v) is 7.39. The molecular formula is C16H17NO3S. The maximum atomic E-state index is 12.2. The molecule has 1 amide bonds. The van der Waals surface area contributed by atoms with Crippen molar-refractivity contribution in [2.45, 2.75) is 27.4 Å². The Kier molecular flexibility index (Phi) is 4.75. The van der Waals surface area contributed by atoms with Crippen LogP contribution in [0.15, 0.2) is 30.3 Å². The molecule has 0 fully saturated rings. The Morgan fingerprint density at radius 3 is 2.43 bits per heavy atom. The van der Waals surface area contributed by atoms with Gasteiger partial charge in [0.15, 0.2) is 0 Å². The Balaban J connectivity index is 2.10. The Morgan fingerprint density at radius 1 is 1.14 bits per heavy atom. The van der Waals surface area contributed by atoms with Gasteiger partial charge in [-0.3, -0.25) is 4.79 Å². The van der Waals surface area contributed by atoms with Crippen LogP contribution in [-0.4, -0.2) is 11.9 Å². The van der Waals surface area contributed by atoms with Gasteiger partial charge in [-0.05, 0) is 30.5 Å². The molecule has 1 aromatic carbocycles. The lowest BCUT2D eigenvalue weighted by Crippen LogP contribution is -2.04. The van der Waals surface area contributed by atoms with Crippen molar-refractivity contribution >= 4 is 28.2 Å². The Hall–Kier alpha value is -2.14. The van der Waals surface area contributed by atoms with E-state index >= 15 is 0 Å². The largest absolute Gasteiger partial charge is 0.457 e. The molecule has 0 aliphatic heterocycles. The summed E-state index contributed by atoms with van der Waals surface area (Å²) >= 11 is 1.25. The van der Waals surface area contributed by atoms with E-state index in [1.165, 1.54) is 18.3 Å². The molecule has 0 atom stereocenters. The Labute approximate surface area is 127 Å². The van der Waals surface area contributed by atoms with Crippen molar-refractivity contribution in [3.63, 3.8) is 0 Å². The van der Waals surface area contributed by atoms with Crippen LogP contribution < -0.4 is 5.32 Å². The van der Waals surface area contributed by atoms with Crippen molar-refractivity contribution in [3.8, 4) is 0 Å². The third kappa shape index (κ3) is 3.70. The van der Waals surface area contributed by atoms with Gasteiger partial charge in [0.1, 0.15) is 11.5 Å². The van der Waals surface area contributed by atoms with Gasteiger partial charge in [-0.25, -0.2) is 4.79 Å². The highest BCUT2D eigenvalue weighted by Crippen LogP contribution is 2.32. The predicted octanol–water partition coefficient (Wildman–Crippen LogP) is 3.68. The lowest BCUT2D eigenvalue weighted by molar-refractivity contribution is -0.114. The Bertz CT molecular complexity index is 662. The number of benzene rings is 1. The second-order valence-electron chi connectivity index (χ2n) is 4.75. The van der Waals surface area contributed by atoms with E-state index in [1.807, 2.05) is 44.2 Å². The number of carbonyl (C=O) groups is 2. The van der Waals surface area contributed by atoms with Gasteiger partial charge in [0, 0.05) is 6.92 Å². The van der Waals surface area contributed by atoms with Gasteiger partial charge in [-0.2, -0.15) is 0 Å². The van der Waals surface area contributed by atoms with Crippen LogP contribution in [0, 0.1) is 13.8 Å². The molecule has 1 heterocycles. The van der Waals surface area contributed by atoms with E-state index in [9.17, 15) is 9.59 Å². The van der Waals surface area contributed by atoms with E-state index < -0.39 is 0 Å². The quantitative estimate of drug-likeness (QED) is 0.877. The number of thiophene rings is 1. The molecule has 0 unspecified atom stereocenters. The molecule has 0 saturated carbocycles. The van der Waals surface area contributed by atoms with Crippen molar-refractivity contribution in [1.82, 2.24) is 0 Å². The highest BCUT2D eigenvalue weighted by atomic mass is 32.1. The third-order valence-electron chi connectivity index (χ3n) is 3.14. The summed E-state index contributed by atoms with van der Waals surface area (Å²) in [4.78, 5) is 23.8. The summed E-state index contributed by atoms with van der Waals surface area (Å²) in [6.07, 6.45) is 0. The molecule has 5 heteroatoms. The molecule has 2 rings (SSSR count). The van der Waals surface area contributed by atoms with E-state index in [1.54, 1.807) is 0 Å². The summed E-state index contributed by atoms with van der Waals surface area (Å²) in [6.45, 7) is 5.43. The lowest BCUT2D eigenvalue weighted by atomic mass is 10.2. The summed E-state index contributed by atoms with van der Waals surface area (Å²) < 4.78 is 5.33. The number of amides is 1. The molecule has 1 aromatic heterocycles. The highest BCUT2D eigenvalue weighted by Gasteiger charge is 2.19. The van der Waals surface area contributed by atoms with Crippen LogP contribution >= 0.6 is 11.3 Å². The zero-order valence-electron chi connectivity index (χ0n) is 12.2. The molecule has 2 aromatic rings. The summed E-state index contributed by atoms with van der Waals surface area (Å²) in [5, 5.41) is 3.44. The van der Waals surface area contributed by atoms with E-state index in [2.05, 4.69) is 5.32 Å². The van der Waals surface area contributed by atoms with Gasteiger partial charge < -0.3 is 10.1 Å². The SMILES string of the molecule is CC(=O)Nc1sc(C(=O)OCc2ccccc2)c(C)c1C. The second kappa shape index (κ2) is 6.54. The number of hydrogen-bond donors (Lipinski definition) is 1. The molecule has 0 aliphatic carbocycles. The summed E-state index contributed by atoms with van der Waals surface area (Å²) in [7, 11) is 0. The van der Waals surface area contributed by atoms with Crippen molar-refractivity contribution in [2.24, 2.45) is 0 Å². The van der Waals surface area contributed by atoms with E-state index in [0.29, 0.717) is 9.88 Å². The van der Waals surface area contributed by atoms with Gasteiger partial charge in [0.25, 0.3) is 0 Å². The summed E-state index contributed by atoms with van der Waals surface area (Å²) in [5.74, 6) is -0.510. The number of anilines is 1. The summed E-state index contributed by atoms with van der Waals surface area (Å²) in [5.41, 5.74) is 2.70. The van der Waals surface area contributed by atoms with Crippen molar-refractivity contribution < 1.29 is 14.3 Å². The number of ether oxygens (including phenoxy) is 1. The molecule has 21 heavy (non-hydrogen) atoms. The van der Waals surface area contributed by atoms with Gasteiger partial charge in [-0.15, -0.1) is 11.3 Å². The first-order chi connectivity index (χ1) is 9.99. The van der Waals surface area contributed by atoms with E-state index in [-0.39, 0.29) is 18.5 Å². The fourth-order valence-corrected chi connectivity index (χ4v) is 3.01. The second-order valence-corrected chi connectivity index (χ2v) is 5.77. The van der Waals surface area contributed by atoms with Crippen LogP contribution in [0.5, 0.6) is 0 Å². The van der Waals surface area contributed by atoms with E-state index in [0.717, 1.165) is 16.7 Å². The fraction of sp³-hybridized carbons (Fsp3) is 0.250. The minimum absolute atomic E-state index is 0.149. The zero-order chi connectivity index (χ0) is 15.4. The van der Waals surface area contributed by atoms with Crippen LogP contribution in [0.25, 0.3) is 0 Å². The number of nitrogens with one attached hydrogen (secondary N) is 1. The van der Waals surface area contributed by atoms with Gasteiger partial charge in [-0.1, -0.05) is 30.3 Å². The Morgan fingerprint density at radius 2 is 1.81 bits per heavy atom. The monoisotopic (exact) mass is 303 g/mol. The van der Waals surface area contributed by atoms with Crippen LogP contribution in [0.2, 0.25) is 0 Å². The number of carbonyl (C=O) groups excluding carboxylic acids is 2. The maximum absolute atomic E-state index is 12.2. The minimum atomic E-state index is -0.360. The average molecular weight is 303 g/mol. The third-order valence-corrected chi connectivity index (χ3v) is 4.42. The van der Waals surface area contributed by atoms with E-state index in [4.69, 9.17) is 4.74 Å². The fourth-order valence-electron chi connectivity index (χ4n) is 1.86. The van der Waals surface area contributed by atoms with Crippen molar-refractivity contribution in [2.75, 3.05) is 5.32 Å². The van der Waals surface area contributed by atoms with Crippen LogP contribution in [0.1, 0.15) is 33.3 Å².